The zero-order chi connectivity index (χ0) is 14.8. The number of benzene rings is 2. The molecule has 0 spiro atoms. The summed E-state index contributed by atoms with van der Waals surface area (Å²) in [5, 5.41) is 9.75. The van der Waals surface area contributed by atoms with Gasteiger partial charge in [-0.25, -0.2) is 0 Å². The van der Waals surface area contributed by atoms with E-state index in [0.29, 0.717) is 5.75 Å². The first-order chi connectivity index (χ1) is 10.2. The van der Waals surface area contributed by atoms with Gasteiger partial charge in [0.15, 0.2) is 11.5 Å². The van der Waals surface area contributed by atoms with Gasteiger partial charge in [0.1, 0.15) is 0 Å². The van der Waals surface area contributed by atoms with Crippen molar-refractivity contribution in [3.63, 3.8) is 0 Å². The van der Waals surface area contributed by atoms with Gasteiger partial charge in [0.25, 0.3) is 0 Å². The molecule has 0 radical (unpaired) electrons. The van der Waals surface area contributed by atoms with Crippen molar-refractivity contribution >= 4 is 5.69 Å². The highest BCUT2D eigenvalue weighted by molar-refractivity contribution is 5.57. The van der Waals surface area contributed by atoms with E-state index >= 15 is 0 Å². The minimum Gasteiger partial charge on any atom is -0.504 e. The molecule has 0 aliphatic carbocycles. The van der Waals surface area contributed by atoms with E-state index in [4.69, 9.17) is 4.74 Å². The fraction of sp³-hybridized carbons (Fsp3) is 0.333. The Balaban J connectivity index is 1.94. The minimum atomic E-state index is 0.187. The molecular formula is C18H21NO2. The highest BCUT2D eigenvalue weighted by Crippen LogP contribution is 2.36. The number of rotatable bonds is 3. The Morgan fingerprint density at radius 1 is 1.19 bits per heavy atom. The predicted molar refractivity (Wildman–Crippen MR) is 85.2 cm³/mol. The third-order valence-corrected chi connectivity index (χ3v) is 4.30. The molecule has 110 valence electrons. The van der Waals surface area contributed by atoms with Gasteiger partial charge in [0, 0.05) is 12.2 Å². The smallest absolute Gasteiger partial charge is 0.160 e. The van der Waals surface area contributed by atoms with Crippen LogP contribution >= 0.6 is 0 Å². The van der Waals surface area contributed by atoms with Crippen molar-refractivity contribution in [2.75, 3.05) is 18.6 Å². The number of fused-ring (bicyclic) bond motifs is 1. The normalized spacial score (nSPS) is 15.4. The Hall–Kier alpha value is -2.16. The zero-order valence-corrected chi connectivity index (χ0v) is 12.5. The van der Waals surface area contributed by atoms with Crippen LogP contribution in [0.2, 0.25) is 0 Å². The molecule has 1 atom stereocenters. The standard InChI is InChI=1S/C18H21NO2/c1-13(15-9-10-17(20)18(12-15)21-2)19-11-5-7-14-6-3-4-8-16(14)19/h3-4,6,8-10,12-13,20H,5,7,11H2,1-2H3. The molecule has 0 bridgehead atoms. The van der Waals surface area contributed by atoms with Crippen molar-refractivity contribution < 1.29 is 9.84 Å². The number of anilines is 1. The molecule has 0 saturated carbocycles. The molecule has 0 aromatic heterocycles. The summed E-state index contributed by atoms with van der Waals surface area (Å²) < 4.78 is 5.22. The fourth-order valence-electron chi connectivity index (χ4n) is 3.10. The van der Waals surface area contributed by atoms with Crippen LogP contribution in [0.1, 0.15) is 30.5 Å². The number of para-hydroxylation sites is 1. The molecule has 0 saturated heterocycles. The second-order valence-corrected chi connectivity index (χ2v) is 5.53. The number of phenols is 1. The molecule has 1 N–H and O–H groups in total. The van der Waals surface area contributed by atoms with E-state index in [-0.39, 0.29) is 11.8 Å². The first-order valence-corrected chi connectivity index (χ1v) is 7.42. The number of hydrogen-bond donors (Lipinski definition) is 1. The van der Waals surface area contributed by atoms with E-state index < -0.39 is 0 Å². The van der Waals surface area contributed by atoms with Gasteiger partial charge < -0.3 is 14.7 Å². The lowest BCUT2D eigenvalue weighted by Crippen LogP contribution is -2.32. The molecule has 3 heteroatoms. The Labute approximate surface area is 125 Å². The highest BCUT2D eigenvalue weighted by atomic mass is 16.5. The van der Waals surface area contributed by atoms with Crippen molar-refractivity contribution in [2.24, 2.45) is 0 Å². The number of nitrogens with zero attached hydrogens (tertiary/aromatic N) is 1. The minimum absolute atomic E-state index is 0.187. The molecule has 2 aromatic rings. The Morgan fingerprint density at radius 2 is 2.00 bits per heavy atom. The van der Waals surface area contributed by atoms with Crippen LogP contribution in [0.5, 0.6) is 11.5 Å². The molecule has 0 amide bonds. The second kappa shape index (κ2) is 5.68. The van der Waals surface area contributed by atoms with E-state index in [9.17, 15) is 5.11 Å². The molecule has 1 aliphatic rings. The lowest BCUT2D eigenvalue weighted by Gasteiger charge is -2.36. The number of ether oxygens (including phenoxy) is 1. The van der Waals surface area contributed by atoms with Crippen LogP contribution in [0.4, 0.5) is 5.69 Å². The maximum atomic E-state index is 9.75. The summed E-state index contributed by atoms with van der Waals surface area (Å²) in [7, 11) is 1.58. The number of aryl methyl sites for hydroxylation is 1. The summed E-state index contributed by atoms with van der Waals surface area (Å²) in [6.07, 6.45) is 2.33. The predicted octanol–water partition coefficient (Wildman–Crippen LogP) is 3.91. The molecule has 2 aromatic carbocycles. The second-order valence-electron chi connectivity index (χ2n) is 5.53. The van der Waals surface area contributed by atoms with Crippen molar-refractivity contribution in [2.45, 2.75) is 25.8 Å². The van der Waals surface area contributed by atoms with Crippen LogP contribution in [0.15, 0.2) is 42.5 Å². The average Bonchev–Trinajstić information content (AvgIpc) is 2.54. The van der Waals surface area contributed by atoms with Crippen molar-refractivity contribution in [1.82, 2.24) is 0 Å². The molecule has 1 aliphatic heterocycles. The van der Waals surface area contributed by atoms with Crippen LogP contribution in [-0.2, 0) is 6.42 Å². The van der Waals surface area contributed by atoms with E-state index in [0.717, 1.165) is 18.5 Å². The number of methoxy groups -OCH3 is 1. The van der Waals surface area contributed by atoms with Gasteiger partial charge in [-0.15, -0.1) is 0 Å². The number of phenolic OH excluding ortho intramolecular Hbond substituents is 1. The summed E-state index contributed by atoms with van der Waals surface area (Å²) >= 11 is 0. The molecule has 3 rings (SSSR count). The maximum Gasteiger partial charge on any atom is 0.160 e. The van der Waals surface area contributed by atoms with Gasteiger partial charge in [-0.05, 0) is 49.1 Å². The van der Waals surface area contributed by atoms with Gasteiger partial charge in [0.2, 0.25) is 0 Å². The maximum absolute atomic E-state index is 9.75. The summed E-state index contributed by atoms with van der Waals surface area (Å²) in [5.41, 5.74) is 3.89. The van der Waals surface area contributed by atoms with Crippen molar-refractivity contribution in [3.05, 3.63) is 53.6 Å². The average molecular weight is 283 g/mol. The molecule has 0 fully saturated rings. The van der Waals surface area contributed by atoms with Crippen LogP contribution in [0, 0.1) is 0 Å². The summed E-state index contributed by atoms with van der Waals surface area (Å²) in [5.74, 6) is 0.720. The van der Waals surface area contributed by atoms with E-state index in [1.165, 1.54) is 17.7 Å². The summed E-state index contributed by atoms with van der Waals surface area (Å²) in [6, 6.07) is 14.5. The summed E-state index contributed by atoms with van der Waals surface area (Å²) in [4.78, 5) is 2.44. The first kappa shape index (κ1) is 13.8. The molecule has 1 unspecified atom stereocenters. The van der Waals surface area contributed by atoms with Gasteiger partial charge >= 0.3 is 0 Å². The Bertz CT molecular complexity index is 639. The third-order valence-electron chi connectivity index (χ3n) is 4.30. The zero-order valence-electron chi connectivity index (χ0n) is 12.5. The van der Waals surface area contributed by atoms with E-state index in [1.807, 2.05) is 12.1 Å². The van der Waals surface area contributed by atoms with Gasteiger partial charge in [-0.3, -0.25) is 0 Å². The van der Waals surface area contributed by atoms with Crippen molar-refractivity contribution in [3.8, 4) is 11.5 Å². The molecular weight excluding hydrogens is 262 g/mol. The Morgan fingerprint density at radius 3 is 2.81 bits per heavy atom. The number of aromatic hydroxyl groups is 1. The van der Waals surface area contributed by atoms with Crippen LogP contribution < -0.4 is 9.64 Å². The quantitative estimate of drug-likeness (QED) is 0.927. The van der Waals surface area contributed by atoms with Crippen LogP contribution in [0.3, 0.4) is 0 Å². The highest BCUT2D eigenvalue weighted by Gasteiger charge is 2.22. The topological polar surface area (TPSA) is 32.7 Å². The van der Waals surface area contributed by atoms with Crippen molar-refractivity contribution in [1.29, 1.82) is 0 Å². The lowest BCUT2D eigenvalue weighted by molar-refractivity contribution is 0.372. The van der Waals surface area contributed by atoms with Crippen LogP contribution in [0.25, 0.3) is 0 Å². The number of hydrogen-bond acceptors (Lipinski definition) is 3. The SMILES string of the molecule is COc1cc(C(C)N2CCCc3ccccc32)ccc1O. The first-order valence-electron chi connectivity index (χ1n) is 7.42. The van der Waals surface area contributed by atoms with Gasteiger partial charge in [-0.1, -0.05) is 24.3 Å². The third kappa shape index (κ3) is 2.56. The van der Waals surface area contributed by atoms with E-state index in [2.05, 4.69) is 36.1 Å². The van der Waals surface area contributed by atoms with E-state index in [1.54, 1.807) is 13.2 Å². The molecule has 1 heterocycles. The molecule has 21 heavy (non-hydrogen) atoms. The van der Waals surface area contributed by atoms with Gasteiger partial charge in [-0.2, -0.15) is 0 Å². The fourth-order valence-corrected chi connectivity index (χ4v) is 3.10. The monoisotopic (exact) mass is 283 g/mol. The lowest BCUT2D eigenvalue weighted by atomic mass is 9.97. The van der Waals surface area contributed by atoms with Gasteiger partial charge in [0.05, 0.1) is 13.2 Å². The summed E-state index contributed by atoms with van der Waals surface area (Å²) in [6.45, 7) is 3.26. The Kier molecular flexibility index (Phi) is 3.74. The largest absolute Gasteiger partial charge is 0.504 e. The van der Waals surface area contributed by atoms with Crippen LogP contribution in [-0.4, -0.2) is 18.8 Å². The molecule has 3 nitrogen and oxygen atoms in total.